The Labute approximate surface area is 262 Å². The van der Waals surface area contributed by atoms with Crippen LogP contribution in [0.15, 0.2) is 64.2 Å². The monoisotopic (exact) mass is 637 g/mol. The summed E-state index contributed by atoms with van der Waals surface area (Å²) >= 11 is 3.47. The molecule has 4 rings (SSSR count). The van der Waals surface area contributed by atoms with Crippen LogP contribution in [-0.4, -0.2) is 17.0 Å². The zero-order chi connectivity index (χ0) is 30.9. The van der Waals surface area contributed by atoms with Crippen LogP contribution in [0.5, 0.6) is 0 Å². The third-order valence-corrected chi connectivity index (χ3v) is 12.4. The highest BCUT2D eigenvalue weighted by molar-refractivity contribution is 9.10. The summed E-state index contributed by atoms with van der Waals surface area (Å²) in [5, 5.41) is 13.5. The molecule has 0 radical (unpaired) electrons. The van der Waals surface area contributed by atoms with E-state index in [9.17, 15) is 14.7 Å². The molecule has 0 heterocycles. The Bertz CT molecular complexity index is 1240. The SMILES string of the molecule is C=C(C)[C@H]1CC=C2[C@@H](CC[C@]3(C)[C@@H]([C@@H](CCC=C(C)C)C(=O)O)CC[C@@]23C)[C@]1(C)CCC(=O)NCc1ccc(Br)cc1. The molecule has 2 N–H and O–H groups in total. The number of hydrogen-bond donors (Lipinski definition) is 2. The van der Waals surface area contributed by atoms with Crippen LogP contribution >= 0.6 is 15.9 Å². The van der Waals surface area contributed by atoms with Crippen molar-refractivity contribution in [2.45, 2.75) is 106 Å². The van der Waals surface area contributed by atoms with E-state index < -0.39 is 5.97 Å². The molecular weight excluding hydrogens is 586 g/mol. The Morgan fingerprint density at radius 3 is 2.43 bits per heavy atom. The van der Waals surface area contributed by atoms with Gasteiger partial charge in [-0.2, -0.15) is 0 Å². The van der Waals surface area contributed by atoms with Crippen molar-refractivity contribution in [2.75, 3.05) is 0 Å². The molecule has 3 aliphatic rings. The number of benzene rings is 1. The first-order chi connectivity index (χ1) is 19.7. The lowest BCUT2D eigenvalue weighted by molar-refractivity contribution is -0.147. The van der Waals surface area contributed by atoms with Gasteiger partial charge in [-0.25, -0.2) is 0 Å². The van der Waals surface area contributed by atoms with E-state index in [2.05, 4.69) is 81.5 Å². The normalized spacial score (nSPS) is 32.6. The number of fused-ring (bicyclic) bond motifs is 3. The second-order valence-corrected chi connectivity index (χ2v) is 15.4. The second-order valence-electron chi connectivity index (χ2n) is 14.5. The standard InChI is InChI=1S/C37H52BrNO3/c1-24(2)9-8-10-28(34(41)42)30-17-21-37(7)32-16-15-29(25(3)4)35(5,31(32)18-22-36(30,37)6)20-19-33(40)39-23-26-11-13-27(38)14-12-26/h9,11-14,16,28-31H,3,8,10,15,17-23H2,1-2,4-7H3,(H,39,40)(H,41,42)/t28-,29-,30-,31-,35-,36-,37+/m1/s1. The average molecular weight is 639 g/mol. The Hall–Kier alpha value is -2.14. The van der Waals surface area contributed by atoms with Gasteiger partial charge in [0.2, 0.25) is 5.91 Å². The van der Waals surface area contributed by atoms with Gasteiger partial charge in [-0.3, -0.25) is 9.59 Å². The summed E-state index contributed by atoms with van der Waals surface area (Å²) in [6.45, 7) is 18.5. The lowest BCUT2D eigenvalue weighted by Gasteiger charge is -2.60. The van der Waals surface area contributed by atoms with Gasteiger partial charge in [0.25, 0.3) is 0 Å². The molecule has 0 spiro atoms. The van der Waals surface area contributed by atoms with Crippen LogP contribution in [0.1, 0.15) is 105 Å². The summed E-state index contributed by atoms with van der Waals surface area (Å²) in [4.78, 5) is 25.7. The maximum atomic E-state index is 13.1. The fourth-order valence-electron chi connectivity index (χ4n) is 9.27. The van der Waals surface area contributed by atoms with Gasteiger partial charge < -0.3 is 10.4 Å². The van der Waals surface area contributed by atoms with E-state index in [-0.39, 0.29) is 34.0 Å². The van der Waals surface area contributed by atoms with Crippen molar-refractivity contribution in [3.63, 3.8) is 0 Å². The van der Waals surface area contributed by atoms with Crippen molar-refractivity contribution < 1.29 is 14.7 Å². The van der Waals surface area contributed by atoms with Crippen molar-refractivity contribution in [1.29, 1.82) is 0 Å². The number of hydrogen-bond acceptors (Lipinski definition) is 2. The molecule has 5 heteroatoms. The summed E-state index contributed by atoms with van der Waals surface area (Å²) < 4.78 is 1.03. The Morgan fingerprint density at radius 2 is 1.81 bits per heavy atom. The summed E-state index contributed by atoms with van der Waals surface area (Å²) in [6.07, 6.45) is 12.6. The molecule has 0 saturated heterocycles. The third-order valence-electron chi connectivity index (χ3n) is 11.9. The minimum atomic E-state index is -0.631. The van der Waals surface area contributed by atoms with Crippen LogP contribution in [0.3, 0.4) is 0 Å². The molecule has 1 amide bonds. The summed E-state index contributed by atoms with van der Waals surface area (Å²) in [7, 11) is 0. The average Bonchev–Trinajstić information content (AvgIpc) is 3.20. The van der Waals surface area contributed by atoms with Crippen molar-refractivity contribution in [1.82, 2.24) is 5.32 Å². The van der Waals surface area contributed by atoms with Crippen LogP contribution in [0, 0.1) is 39.9 Å². The number of aliphatic carboxylic acids is 1. The second kappa shape index (κ2) is 12.8. The van der Waals surface area contributed by atoms with Gasteiger partial charge >= 0.3 is 5.97 Å². The molecule has 0 aliphatic heterocycles. The van der Waals surface area contributed by atoms with Gasteiger partial charge in [-0.05, 0) is 124 Å². The van der Waals surface area contributed by atoms with Crippen LogP contribution < -0.4 is 5.32 Å². The first-order valence-electron chi connectivity index (χ1n) is 16.0. The number of nitrogens with one attached hydrogen (secondary N) is 1. The first-order valence-corrected chi connectivity index (χ1v) is 16.8. The largest absolute Gasteiger partial charge is 0.481 e. The van der Waals surface area contributed by atoms with E-state index in [1.165, 1.54) is 11.1 Å². The number of rotatable bonds is 11. The summed E-state index contributed by atoms with van der Waals surface area (Å²) in [6, 6.07) is 8.07. The molecule has 1 aromatic rings. The predicted molar refractivity (Wildman–Crippen MR) is 176 cm³/mol. The van der Waals surface area contributed by atoms with Gasteiger partial charge in [0.1, 0.15) is 0 Å². The van der Waals surface area contributed by atoms with E-state index >= 15 is 0 Å². The Kier molecular flexibility index (Phi) is 10.0. The molecule has 2 fully saturated rings. The molecule has 0 bridgehead atoms. The van der Waals surface area contributed by atoms with Gasteiger partial charge in [-0.1, -0.05) is 84.3 Å². The number of carboxylic acid groups (broad SMARTS) is 1. The van der Waals surface area contributed by atoms with Crippen LogP contribution in [0.4, 0.5) is 0 Å². The van der Waals surface area contributed by atoms with E-state index in [0.29, 0.717) is 31.2 Å². The van der Waals surface area contributed by atoms with E-state index in [0.717, 1.165) is 55.0 Å². The van der Waals surface area contributed by atoms with Crippen molar-refractivity contribution in [3.8, 4) is 0 Å². The highest BCUT2D eigenvalue weighted by Gasteiger charge is 2.64. The van der Waals surface area contributed by atoms with Crippen LogP contribution in [0.25, 0.3) is 0 Å². The molecule has 1 aromatic carbocycles. The smallest absolute Gasteiger partial charge is 0.306 e. The minimum absolute atomic E-state index is 0.0179. The summed E-state index contributed by atoms with van der Waals surface area (Å²) in [5.41, 5.74) is 4.99. The lowest BCUT2D eigenvalue weighted by Crippen LogP contribution is -2.52. The highest BCUT2D eigenvalue weighted by atomic mass is 79.9. The van der Waals surface area contributed by atoms with Gasteiger partial charge in [0, 0.05) is 17.4 Å². The van der Waals surface area contributed by atoms with Crippen molar-refractivity contribution >= 4 is 27.8 Å². The summed E-state index contributed by atoms with van der Waals surface area (Å²) in [5.74, 6) is 0.0708. The van der Waals surface area contributed by atoms with Crippen molar-refractivity contribution in [3.05, 3.63) is 69.8 Å². The van der Waals surface area contributed by atoms with Crippen LogP contribution in [0.2, 0.25) is 0 Å². The van der Waals surface area contributed by atoms with Gasteiger partial charge in [0.05, 0.1) is 5.92 Å². The lowest BCUT2D eigenvalue weighted by atomic mass is 9.44. The number of carbonyl (C=O) groups excluding carboxylic acids is 1. The molecule has 0 aromatic heterocycles. The number of amides is 1. The fourth-order valence-corrected chi connectivity index (χ4v) is 9.53. The number of carbonyl (C=O) groups is 2. The van der Waals surface area contributed by atoms with Gasteiger partial charge in [-0.15, -0.1) is 0 Å². The maximum absolute atomic E-state index is 13.1. The number of carboxylic acids is 1. The maximum Gasteiger partial charge on any atom is 0.306 e. The fraction of sp³-hybridized carbons (Fsp3) is 0.622. The quantitative estimate of drug-likeness (QED) is 0.237. The molecule has 230 valence electrons. The molecule has 4 nitrogen and oxygen atoms in total. The highest BCUT2D eigenvalue weighted by Crippen LogP contribution is 2.72. The first kappa shape index (κ1) is 32.8. The zero-order valence-electron chi connectivity index (χ0n) is 26.7. The van der Waals surface area contributed by atoms with Crippen molar-refractivity contribution in [2.24, 2.45) is 39.9 Å². The van der Waals surface area contributed by atoms with Crippen LogP contribution in [-0.2, 0) is 16.1 Å². The molecule has 7 atom stereocenters. The molecular formula is C37H52BrNO3. The molecule has 3 aliphatic carbocycles. The van der Waals surface area contributed by atoms with Gasteiger partial charge in [0.15, 0.2) is 0 Å². The Morgan fingerprint density at radius 1 is 1.12 bits per heavy atom. The molecule has 0 unspecified atom stereocenters. The molecule has 2 saturated carbocycles. The predicted octanol–water partition coefficient (Wildman–Crippen LogP) is 9.65. The van der Waals surface area contributed by atoms with E-state index in [1.54, 1.807) is 5.57 Å². The Balaban J connectivity index is 1.54. The minimum Gasteiger partial charge on any atom is -0.481 e. The zero-order valence-corrected chi connectivity index (χ0v) is 28.3. The topological polar surface area (TPSA) is 66.4 Å². The molecule has 42 heavy (non-hydrogen) atoms. The number of allylic oxidation sites excluding steroid dienone is 5. The number of halogens is 1. The third kappa shape index (κ3) is 6.23. The van der Waals surface area contributed by atoms with E-state index in [4.69, 9.17) is 0 Å². The van der Waals surface area contributed by atoms with E-state index in [1.807, 2.05) is 24.3 Å².